The van der Waals surface area contributed by atoms with Crippen LogP contribution in [0, 0.1) is 0 Å². The molecular formula is C42H78NO12P. The number of aliphatic hydroxyl groups excluding tert-OH is 7. The number of hydrogen-bond acceptors (Lipinski definition) is 11. The predicted molar refractivity (Wildman–Crippen MR) is 220 cm³/mol. The number of carbonyl (C=O) groups is 1. The van der Waals surface area contributed by atoms with E-state index in [1.165, 1.54) is 83.1 Å². The van der Waals surface area contributed by atoms with E-state index in [2.05, 4.69) is 37.4 Å². The van der Waals surface area contributed by atoms with Crippen LogP contribution in [0.15, 0.2) is 36.5 Å². The Morgan fingerprint density at radius 3 is 1.55 bits per heavy atom. The minimum Gasteiger partial charge on any atom is -0.393 e. The van der Waals surface area contributed by atoms with Gasteiger partial charge in [-0.15, -0.1) is 0 Å². The number of phosphoric acid groups is 1. The van der Waals surface area contributed by atoms with Crippen LogP contribution >= 0.6 is 7.82 Å². The van der Waals surface area contributed by atoms with Crippen LogP contribution < -0.4 is 5.32 Å². The van der Waals surface area contributed by atoms with Crippen molar-refractivity contribution in [1.82, 2.24) is 5.32 Å². The van der Waals surface area contributed by atoms with E-state index in [0.717, 1.165) is 44.9 Å². The molecule has 13 nitrogen and oxygen atoms in total. The minimum atomic E-state index is -5.14. The summed E-state index contributed by atoms with van der Waals surface area (Å²) in [5.41, 5.74) is 0. The smallest absolute Gasteiger partial charge is 0.393 e. The number of rotatable bonds is 34. The molecule has 8 atom stereocenters. The number of unbranched alkanes of at least 4 members (excludes halogenated alkanes) is 17. The van der Waals surface area contributed by atoms with E-state index in [-0.39, 0.29) is 6.42 Å². The second-order valence-corrected chi connectivity index (χ2v) is 16.8. The second kappa shape index (κ2) is 32.4. The van der Waals surface area contributed by atoms with E-state index < -0.39 is 75.2 Å². The van der Waals surface area contributed by atoms with Gasteiger partial charge in [0.1, 0.15) is 36.6 Å². The molecular weight excluding hydrogens is 741 g/mol. The number of hydrogen-bond donors (Lipinski definition) is 9. The molecule has 0 saturated heterocycles. The van der Waals surface area contributed by atoms with Crippen LogP contribution in [0.25, 0.3) is 0 Å². The Morgan fingerprint density at radius 2 is 1.05 bits per heavy atom. The number of aliphatic hydroxyl groups is 7. The standard InChI is InChI=1S/C42H78NO12P/c1-3-5-7-9-11-13-15-17-18-19-21-23-25-27-29-33(44)31-36(46)43-34(35(45)30-28-26-24-22-20-16-14-12-10-8-6-4-2)32-54-56(52,53)55-42-40(50)38(48)37(47)39(49)41(42)51/h10,12,20,22,28,30,33-35,37-42,44-45,47-51H,3-9,11,13-19,21,23-27,29,31-32H2,1-2H3,(H,43,46)(H,52,53)/b12-10+,22-20+,30-28+. The van der Waals surface area contributed by atoms with Crippen LogP contribution in [-0.2, 0) is 18.4 Å². The fourth-order valence-electron chi connectivity index (χ4n) is 6.61. The fourth-order valence-corrected chi connectivity index (χ4v) is 7.58. The molecule has 328 valence electrons. The van der Waals surface area contributed by atoms with Gasteiger partial charge in [-0.05, 0) is 38.5 Å². The van der Waals surface area contributed by atoms with Gasteiger partial charge in [-0.3, -0.25) is 13.8 Å². The van der Waals surface area contributed by atoms with E-state index in [1.807, 2.05) is 6.08 Å². The summed E-state index contributed by atoms with van der Waals surface area (Å²) in [6, 6.07) is -1.26. The summed E-state index contributed by atoms with van der Waals surface area (Å²) in [7, 11) is -5.14. The summed E-state index contributed by atoms with van der Waals surface area (Å²) in [5.74, 6) is -0.609. The molecule has 1 aliphatic carbocycles. The zero-order chi connectivity index (χ0) is 41.6. The SMILES string of the molecule is CCCC/C=C/CC/C=C/CC/C=C/C(O)C(COP(=O)(O)OC1C(O)C(O)C(O)C(O)C1O)NC(=O)CC(O)CCCCCCCCCCCCCCCC. The zero-order valence-corrected chi connectivity index (χ0v) is 35.2. The summed E-state index contributed by atoms with van der Waals surface area (Å²) in [4.78, 5) is 23.3. The van der Waals surface area contributed by atoms with Crippen LogP contribution in [0.4, 0.5) is 0 Å². The molecule has 0 radical (unpaired) electrons. The van der Waals surface area contributed by atoms with Gasteiger partial charge in [0.2, 0.25) is 5.91 Å². The van der Waals surface area contributed by atoms with Gasteiger partial charge in [0, 0.05) is 0 Å². The monoisotopic (exact) mass is 820 g/mol. The zero-order valence-electron chi connectivity index (χ0n) is 34.3. The summed E-state index contributed by atoms with van der Waals surface area (Å²) >= 11 is 0. The normalized spacial score (nSPS) is 24.5. The first kappa shape index (κ1) is 52.5. The first-order chi connectivity index (χ1) is 26.8. The van der Waals surface area contributed by atoms with Crippen LogP contribution in [0.2, 0.25) is 0 Å². The molecule has 1 saturated carbocycles. The average Bonchev–Trinajstić information content (AvgIpc) is 3.17. The van der Waals surface area contributed by atoms with E-state index in [0.29, 0.717) is 19.3 Å². The lowest BCUT2D eigenvalue weighted by Gasteiger charge is -2.41. The van der Waals surface area contributed by atoms with Crippen molar-refractivity contribution in [3.63, 3.8) is 0 Å². The molecule has 0 bridgehead atoms. The molecule has 0 aromatic carbocycles. The van der Waals surface area contributed by atoms with Gasteiger partial charge in [0.25, 0.3) is 0 Å². The van der Waals surface area contributed by atoms with Crippen LogP contribution in [0.1, 0.15) is 162 Å². The molecule has 1 aliphatic rings. The second-order valence-electron chi connectivity index (χ2n) is 15.4. The molecule has 56 heavy (non-hydrogen) atoms. The molecule has 0 heterocycles. The van der Waals surface area contributed by atoms with Crippen molar-refractivity contribution in [3.8, 4) is 0 Å². The fraction of sp³-hybridized carbons (Fsp3) is 0.833. The van der Waals surface area contributed by atoms with E-state index >= 15 is 0 Å². The highest BCUT2D eigenvalue weighted by atomic mass is 31.2. The van der Waals surface area contributed by atoms with Gasteiger partial charge < -0.3 is 46.0 Å². The maximum Gasteiger partial charge on any atom is 0.472 e. The summed E-state index contributed by atoms with van der Waals surface area (Å²) < 4.78 is 22.8. The number of amides is 1. The molecule has 0 aliphatic heterocycles. The molecule has 9 N–H and O–H groups in total. The van der Waals surface area contributed by atoms with Crippen molar-refractivity contribution in [2.45, 2.75) is 216 Å². The average molecular weight is 820 g/mol. The van der Waals surface area contributed by atoms with Crippen LogP contribution in [-0.4, -0.2) is 108 Å². The molecule has 1 amide bonds. The van der Waals surface area contributed by atoms with Gasteiger partial charge >= 0.3 is 7.82 Å². The lowest BCUT2D eigenvalue weighted by Crippen LogP contribution is -2.64. The van der Waals surface area contributed by atoms with Crippen molar-refractivity contribution in [2.75, 3.05) is 6.61 Å². The number of nitrogens with one attached hydrogen (secondary N) is 1. The highest BCUT2D eigenvalue weighted by Crippen LogP contribution is 2.47. The van der Waals surface area contributed by atoms with Crippen LogP contribution in [0.3, 0.4) is 0 Å². The Bertz CT molecular complexity index is 1110. The minimum absolute atomic E-state index is 0.254. The third kappa shape index (κ3) is 24.4. The molecule has 0 spiro atoms. The summed E-state index contributed by atoms with van der Waals surface area (Å²) in [6.45, 7) is 3.65. The number of carbonyl (C=O) groups excluding carboxylic acids is 1. The van der Waals surface area contributed by atoms with Crippen molar-refractivity contribution in [2.24, 2.45) is 0 Å². The van der Waals surface area contributed by atoms with Crippen molar-refractivity contribution >= 4 is 13.7 Å². The van der Waals surface area contributed by atoms with Gasteiger partial charge in [0.05, 0.1) is 31.3 Å². The first-order valence-corrected chi connectivity index (χ1v) is 23.0. The molecule has 1 fully saturated rings. The highest BCUT2D eigenvalue weighted by molar-refractivity contribution is 7.47. The van der Waals surface area contributed by atoms with Crippen molar-refractivity contribution in [3.05, 3.63) is 36.5 Å². The van der Waals surface area contributed by atoms with Gasteiger partial charge in [-0.1, -0.05) is 153 Å². The largest absolute Gasteiger partial charge is 0.472 e. The van der Waals surface area contributed by atoms with E-state index in [9.17, 15) is 50.0 Å². The van der Waals surface area contributed by atoms with Gasteiger partial charge in [-0.2, -0.15) is 0 Å². The Hall–Kier alpha value is -1.48. The topological polar surface area (TPSA) is 226 Å². The first-order valence-electron chi connectivity index (χ1n) is 21.5. The number of phosphoric ester groups is 1. The van der Waals surface area contributed by atoms with E-state index in [1.54, 1.807) is 6.08 Å². The third-order valence-electron chi connectivity index (χ3n) is 10.2. The summed E-state index contributed by atoms with van der Waals surface area (Å²) in [5, 5.41) is 74.2. The lowest BCUT2D eigenvalue weighted by molar-refractivity contribution is -0.220. The Labute approximate surface area is 336 Å². The molecule has 0 aromatic heterocycles. The quantitative estimate of drug-likeness (QED) is 0.0201. The number of allylic oxidation sites excluding steroid dienone is 5. The van der Waals surface area contributed by atoms with Gasteiger partial charge in [-0.25, -0.2) is 4.57 Å². The van der Waals surface area contributed by atoms with Crippen molar-refractivity contribution < 1.29 is 59.0 Å². The van der Waals surface area contributed by atoms with Gasteiger partial charge in [0.15, 0.2) is 0 Å². The third-order valence-corrected chi connectivity index (χ3v) is 11.2. The molecule has 14 heteroatoms. The molecule has 8 unspecified atom stereocenters. The summed E-state index contributed by atoms with van der Waals surface area (Å²) in [6.07, 6.45) is 21.1. The van der Waals surface area contributed by atoms with Crippen molar-refractivity contribution in [1.29, 1.82) is 0 Å². The molecule has 0 aromatic rings. The maximum atomic E-state index is 12.9. The Morgan fingerprint density at radius 1 is 0.625 bits per heavy atom. The Kier molecular flexibility index (Phi) is 30.4. The van der Waals surface area contributed by atoms with E-state index in [4.69, 9.17) is 9.05 Å². The maximum absolute atomic E-state index is 12.9. The Balaban J connectivity index is 2.62. The predicted octanol–water partition coefficient (Wildman–Crippen LogP) is 6.19. The molecule has 1 rings (SSSR count). The lowest BCUT2D eigenvalue weighted by atomic mass is 9.85. The highest BCUT2D eigenvalue weighted by Gasteiger charge is 2.51. The van der Waals surface area contributed by atoms with Crippen LogP contribution in [0.5, 0.6) is 0 Å².